The van der Waals surface area contributed by atoms with Gasteiger partial charge in [-0.25, -0.2) is 14.4 Å². The maximum Gasteiger partial charge on any atom is 0.347 e. The van der Waals surface area contributed by atoms with Crippen LogP contribution in [-0.4, -0.2) is 45.5 Å². The fourth-order valence-corrected chi connectivity index (χ4v) is 3.64. The number of ether oxygens (including phenoxy) is 3. The lowest BCUT2D eigenvalue weighted by Gasteiger charge is -2.19. The summed E-state index contributed by atoms with van der Waals surface area (Å²) in [6, 6.07) is 13.8. The van der Waals surface area contributed by atoms with Crippen molar-refractivity contribution in [3.8, 4) is 0 Å². The zero-order chi connectivity index (χ0) is 25.1. The number of aromatic amines is 1. The van der Waals surface area contributed by atoms with Crippen LogP contribution in [0.5, 0.6) is 0 Å². The van der Waals surface area contributed by atoms with Crippen LogP contribution in [-0.2, 0) is 14.2 Å². The van der Waals surface area contributed by atoms with E-state index in [2.05, 4.69) is 10.1 Å². The maximum absolute atomic E-state index is 12.7. The van der Waals surface area contributed by atoms with E-state index >= 15 is 0 Å². The Bertz CT molecular complexity index is 1340. The topological polar surface area (TPSA) is 130 Å². The fourth-order valence-electron chi connectivity index (χ4n) is 3.64. The first-order valence-electron chi connectivity index (χ1n) is 11.1. The Morgan fingerprint density at radius 3 is 2.14 bits per heavy atom. The van der Waals surface area contributed by atoms with E-state index in [0.29, 0.717) is 11.1 Å². The molecule has 0 amide bonds. The van der Waals surface area contributed by atoms with Crippen molar-refractivity contribution in [1.29, 1.82) is 0 Å². The van der Waals surface area contributed by atoms with Gasteiger partial charge >= 0.3 is 17.6 Å². The van der Waals surface area contributed by atoms with Gasteiger partial charge in [-0.15, -0.1) is 0 Å². The first-order chi connectivity index (χ1) is 16.7. The quantitative estimate of drug-likeness (QED) is 0.533. The Morgan fingerprint density at radius 2 is 1.54 bits per heavy atom. The average molecular weight is 479 g/mol. The first kappa shape index (κ1) is 24.1. The number of nitrogens with zero attached hydrogens (tertiary/aromatic N) is 2. The van der Waals surface area contributed by atoms with Gasteiger partial charge in [0.2, 0.25) is 0 Å². The zero-order valence-corrected chi connectivity index (χ0v) is 19.5. The molecule has 1 N–H and O–H groups in total. The molecular formula is C25H25N3O7. The standard InChI is InChI=1S/C25H25N3O7/c1-14-4-8-17(9-5-14)23(30)33-13-20-19(35-24(31)18-10-6-15(2)7-11-18)12-21(34-20)28-25(32)26-22(29)16(3)27-28/h4-11,19-21H,12-13H2,1-3H3,(H,26,29,32)/t19-,20+,21+/m0/s1. The number of carbonyl (C=O) groups is 2. The summed E-state index contributed by atoms with van der Waals surface area (Å²) in [4.78, 5) is 51.4. The molecule has 0 aliphatic carbocycles. The number of H-pyrrole nitrogens is 1. The third kappa shape index (κ3) is 5.55. The van der Waals surface area contributed by atoms with Crippen LogP contribution in [0.25, 0.3) is 0 Å². The molecule has 1 aliphatic rings. The van der Waals surface area contributed by atoms with Crippen molar-refractivity contribution in [2.24, 2.45) is 0 Å². The molecular weight excluding hydrogens is 454 g/mol. The molecule has 2 heterocycles. The maximum atomic E-state index is 12.7. The molecule has 1 aromatic heterocycles. The van der Waals surface area contributed by atoms with Gasteiger partial charge in [-0.05, 0) is 45.0 Å². The van der Waals surface area contributed by atoms with E-state index in [9.17, 15) is 19.2 Å². The van der Waals surface area contributed by atoms with Crippen LogP contribution in [0, 0.1) is 20.8 Å². The monoisotopic (exact) mass is 479 g/mol. The van der Waals surface area contributed by atoms with Gasteiger partial charge in [0.15, 0.2) is 6.23 Å². The van der Waals surface area contributed by atoms with Crippen LogP contribution >= 0.6 is 0 Å². The molecule has 10 heteroatoms. The van der Waals surface area contributed by atoms with Gasteiger partial charge in [-0.2, -0.15) is 9.78 Å². The van der Waals surface area contributed by atoms with E-state index in [1.807, 2.05) is 13.8 Å². The van der Waals surface area contributed by atoms with Crippen molar-refractivity contribution in [1.82, 2.24) is 14.8 Å². The molecule has 1 fully saturated rings. The van der Waals surface area contributed by atoms with Crippen LogP contribution in [0.1, 0.15) is 50.2 Å². The number of benzene rings is 2. The second kappa shape index (κ2) is 10.1. The molecule has 0 bridgehead atoms. The van der Waals surface area contributed by atoms with E-state index in [1.54, 1.807) is 48.5 Å². The summed E-state index contributed by atoms with van der Waals surface area (Å²) in [5.41, 5.74) is 1.43. The molecule has 0 radical (unpaired) electrons. The van der Waals surface area contributed by atoms with Crippen molar-refractivity contribution >= 4 is 11.9 Å². The summed E-state index contributed by atoms with van der Waals surface area (Å²) in [7, 11) is 0. The van der Waals surface area contributed by atoms with Crippen molar-refractivity contribution in [3.63, 3.8) is 0 Å². The Balaban J connectivity index is 1.53. The second-order valence-electron chi connectivity index (χ2n) is 8.43. The highest BCUT2D eigenvalue weighted by Crippen LogP contribution is 2.30. The van der Waals surface area contributed by atoms with E-state index in [4.69, 9.17) is 14.2 Å². The molecule has 182 valence electrons. The van der Waals surface area contributed by atoms with Gasteiger partial charge in [0.05, 0.1) is 11.1 Å². The lowest BCUT2D eigenvalue weighted by atomic mass is 10.1. The van der Waals surface area contributed by atoms with Crippen LogP contribution in [0.3, 0.4) is 0 Å². The highest BCUT2D eigenvalue weighted by molar-refractivity contribution is 5.90. The lowest BCUT2D eigenvalue weighted by Crippen LogP contribution is -2.36. The number of rotatable bonds is 6. The number of aryl methyl sites for hydroxylation is 3. The summed E-state index contributed by atoms with van der Waals surface area (Å²) in [6.45, 7) is 5.05. The molecule has 3 aromatic rings. The summed E-state index contributed by atoms with van der Waals surface area (Å²) >= 11 is 0. The molecule has 0 unspecified atom stereocenters. The Kier molecular flexibility index (Phi) is 6.92. The van der Waals surface area contributed by atoms with Gasteiger partial charge in [-0.3, -0.25) is 9.78 Å². The fraction of sp³-hybridized carbons (Fsp3) is 0.320. The van der Waals surface area contributed by atoms with Gasteiger partial charge in [0.1, 0.15) is 24.5 Å². The SMILES string of the molecule is Cc1ccc(C(=O)OC[C@H]2O[C@@H](n3nc(C)c(=O)[nH]c3=O)C[C@@H]2OC(=O)c2ccc(C)cc2)cc1. The minimum absolute atomic E-state index is 0.0722. The number of hydrogen-bond acceptors (Lipinski definition) is 8. The summed E-state index contributed by atoms with van der Waals surface area (Å²) in [5.74, 6) is -1.14. The first-order valence-corrected chi connectivity index (χ1v) is 11.1. The van der Waals surface area contributed by atoms with Crippen molar-refractivity contribution < 1.29 is 23.8 Å². The third-order valence-electron chi connectivity index (χ3n) is 5.68. The second-order valence-corrected chi connectivity index (χ2v) is 8.43. The van der Waals surface area contributed by atoms with Crippen LogP contribution in [0.2, 0.25) is 0 Å². The summed E-state index contributed by atoms with van der Waals surface area (Å²) in [6.07, 6.45) is -2.55. The molecule has 2 aromatic carbocycles. The van der Waals surface area contributed by atoms with Crippen LogP contribution in [0.15, 0.2) is 58.1 Å². The number of hydrogen-bond donors (Lipinski definition) is 1. The number of esters is 2. The highest BCUT2D eigenvalue weighted by Gasteiger charge is 2.41. The Morgan fingerprint density at radius 1 is 0.971 bits per heavy atom. The summed E-state index contributed by atoms with van der Waals surface area (Å²) in [5, 5.41) is 4.01. The normalized spacial score (nSPS) is 19.3. The van der Waals surface area contributed by atoms with Crippen LogP contribution in [0.4, 0.5) is 0 Å². The largest absolute Gasteiger partial charge is 0.459 e. The van der Waals surface area contributed by atoms with E-state index in [1.165, 1.54) is 6.92 Å². The van der Waals surface area contributed by atoms with Crippen LogP contribution < -0.4 is 11.2 Å². The summed E-state index contributed by atoms with van der Waals surface area (Å²) < 4.78 is 18.0. The molecule has 10 nitrogen and oxygen atoms in total. The van der Waals surface area contributed by atoms with Crippen molar-refractivity contribution in [3.05, 3.63) is 97.3 Å². The average Bonchev–Trinajstić information content (AvgIpc) is 3.22. The number of nitrogens with one attached hydrogen (secondary N) is 1. The van der Waals surface area contributed by atoms with Gasteiger partial charge < -0.3 is 14.2 Å². The van der Waals surface area contributed by atoms with Gasteiger partial charge in [0, 0.05) is 6.42 Å². The van der Waals surface area contributed by atoms with E-state index in [0.717, 1.165) is 15.8 Å². The van der Waals surface area contributed by atoms with Crippen molar-refractivity contribution in [2.45, 2.75) is 45.6 Å². The predicted molar refractivity (Wildman–Crippen MR) is 124 cm³/mol. The molecule has 0 saturated carbocycles. The Labute approximate surface area is 200 Å². The van der Waals surface area contributed by atoms with Gasteiger partial charge in [0.25, 0.3) is 5.56 Å². The predicted octanol–water partition coefficient (Wildman–Crippen LogP) is 2.23. The van der Waals surface area contributed by atoms with Gasteiger partial charge in [-0.1, -0.05) is 35.4 Å². The molecule has 35 heavy (non-hydrogen) atoms. The van der Waals surface area contributed by atoms with Crippen molar-refractivity contribution in [2.75, 3.05) is 6.61 Å². The molecule has 4 rings (SSSR count). The minimum Gasteiger partial charge on any atom is -0.459 e. The molecule has 3 atom stereocenters. The molecule has 1 saturated heterocycles. The minimum atomic E-state index is -0.933. The lowest BCUT2D eigenvalue weighted by molar-refractivity contribution is -0.0617. The Hall–Kier alpha value is -4.05. The third-order valence-corrected chi connectivity index (χ3v) is 5.68. The zero-order valence-electron chi connectivity index (χ0n) is 19.5. The number of aromatic nitrogens is 3. The molecule has 0 spiro atoms. The van der Waals surface area contributed by atoms with E-state index < -0.39 is 41.6 Å². The smallest absolute Gasteiger partial charge is 0.347 e. The highest BCUT2D eigenvalue weighted by atomic mass is 16.6. The molecule has 1 aliphatic heterocycles. The van der Waals surface area contributed by atoms with E-state index in [-0.39, 0.29) is 18.7 Å². The number of carbonyl (C=O) groups excluding carboxylic acids is 2.